The molecule has 1 saturated carbocycles. The largest absolute Gasteiger partial charge is 0.497 e. The fourth-order valence-electron chi connectivity index (χ4n) is 8.80. The molecule has 0 amide bonds. The van der Waals surface area contributed by atoms with Crippen LogP contribution >= 0.6 is 0 Å². The van der Waals surface area contributed by atoms with E-state index in [0.29, 0.717) is 69.2 Å². The van der Waals surface area contributed by atoms with E-state index < -0.39 is 12.1 Å². The number of hydrogen-bond acceptors (Lipinski definition) is 7. The van der Waals surface area contributed by atoms with Crippen LogP contribution in [0.3, 0.4) is 0 Å². The van der Waals surface area contributed by atoms with E-state index in [1.807, 2.05) is 74.8 Å². The second kappa shape index (κ2) is 16.6. The lowest BCUT2D eigenvalue weighted by Crippen LogP contribution is -2.36. The number of nitrogens with zero attached hydrogens (tertiary/aromatic N) is 4. The Bertz CT molecular complexity index is 1880. The van der Waals surface area contributed by atoms with Crippen molar-refractivity contribution in [1.29, 1.82) is 0 Å². The number of aromatic nitrogens is 3. The Morgan fingerprint density at radius 2 is 1.53 bits per heavy atom. The third-order valence-corrected chi connectivity index (χ3v) is 11.8. The fraction of sp³-hybridized carbons (Fsp3) is 0.533. The van der Waals surface area contributed by atoms with Crippen molar-refractivity contribution in [3.8, 4) is 5.75 Å². The number of fused-ring (bicyclic) bond motifs is 1. The van der Waals surface area contributed by atoms with Gasteiger partial charge in [0.15, 0.2) is 6.17 Å². The van der Waals surface area contributed by atoms with E-state index in [2.05, 4.69) is 28.7 Å². The number of benzene rings is 2. The Labute approximate surface area is 324 Å². The van der Waals surface area contributed by atoms with Crippen LogP contribution < -0.4 is 9.64 Å². The smallest absolute Gasteiger partial charge is 0.248 e. The van der Waals surface area contributed by atoms with Gasteiger partial charge >= 0.3 is 0 Å². The summed E-state index contributed by atoms with van der Waals surface area (Å²) >= 11 is 0. The zero-order chi connectivity index (χ0) is 38.7. The Kier molecular flexibility index (Phi) is 11.8. The lowest BCUT2D eigenvalue weighted by molar-refractivity contribution is -0.0390. The standard InChI is InChI=1S/C45H55F3N4O3/c1-6-54-27-31-25-49-43(50-26-31)52-21-17-34(18-22-52)42-40(41(46)33-11-7-29(2)8-12-33)38(32-15-19-45(47,48)20-16-32)39-36(51-42)23-44(3,4)24-37(39)55-28-30-9-13-35(53-5)14-10-30/h7-14,25-26,32,34,37,41H,6,15-24,27-28H2,1-5H3. The van der Waals surface area contributed by atoms with E-state index in [1.165, 1.54) is 0 Å². The molecule has 10 heteroatoms. The summed E-state index contributed by atoms with van der Waals surface area (Å²) in [6.45, 7) is 11.3. The molecule has 0 spiro atoms. The first kappa shape index (κ1) is 39.2. The molecule has 7 rings (SSSR count). The van der Waals surface area contributed by atoms with Gasteiger partial charge in [0.25, 0.3) is 0 Å². The van der Waals surface area contributed by atoms with Gasteiger partial charge in [-0.2, -0.15) is 0 Å². The molecule has 0 N–H and O–H groups in total. The molecule has 2 aromatic carbocycles. The highest BCUT2D eigenvalue weighted by atomic mass is 19.3. The quantitative estimate of drug-likeness (QED) is 0.143. The third-order valence-electron chi connectivity index (χ3n) is 11.8. The summed E-state index contributed by atoms with van der Waals surface area (Å²) in [5.41, 5.74) is 7.46. The monoisotopic (exact) mass is 756 g/mol. The molecule has 1 aliphatic heterocycles. The second-order valence-corrected chi connectivity index (χ2v) is 16.6. The van der Waals surface area contributed by atoms with Crippen molar-refractivity contribution in [3.63, 3.8) is 0 Å². The molecule has 55 heavy (non-hydrogen) atoms. The Morgan fingerprint density at radius 1 is 0.855 bits per heavy atom. The van der Waals surface area contributed by atoms with E-state index in [4.69, 9.17) is 19.2 Å². The maximum absolute atomic E-state index is 17.7. The first-order chi connectivity index (χ1) is 26.4. The Hall–Kier alpha value is -4.02. The molecule has 2 aliphatic carbocycles. The van der Waals surface area contributed by atoms with Crippen LogP contribution in [-0.4, -0.2) is 47.7 Å². The van der Waals surface area contributed by atoms with Gasteiger partial charge in [0, 0.05) is 73.2 Å². The number of halogens is 3. The van der Waals surface area contributed by atoms with Crippen LogP contribution in [0.15, 0.2) is 60.9 Å². The van der Waals surface area contributed by atoms with Crippen LogP contribution in [0.2, 0.25) is 0 Å². The summed E-state index contributed by atoms with van der Waals surface area (Å²) < 4.78 is 65.1. The normalized spacial score (nSPS) is 20.6. The number of aryl methyl sites for hydroxylation is 1. The molecule has 2 aromatic heterocycles. The second-order valence-electron chi connectivity index (χ2n) is 16.6. The highest BCUT2D eigenvalue weighted by Crippen LogP contribution is 2.53. The molecular formula is C45H55F3N4O3. The number of methoxy groups -OCH3 is 1. The number of anilines is 1. The van der Waals surface area contributed by atoms with Crippen molar-refractivity contribution >= 4 is 5.95 Å². The molecule has 3 aliphatic rings. The van der Waals surface area contributed by atoms with Crippen molar-refractivity contribution < 1.29 is 27.4 Å². The van der Waals surface area contributed by atoms with Gasteiger partial charge in [-0.1, -0.05) is 55.8 Å². The van der Waals surface area contributed by atoms with Crippen molar-refractivity contribution in [2.45, 2.75) is 122 Å². The van der Waals surface area contributed by atoms with Crippen molar-refractivity contribution in [3.05, 3.63) is 111 Å². The number of ether oxygens (including phenoxy) is 3. The average Bonchev–Trinajstić information content (AvgIpc) is 3.18. The lowest BCUT2D eigenvalue weighted by Gasteiger charge is -2.42. The average molecular weight is 757 g/mol. The summed E-state index contributed by atoms with van der Waals surface area (Å²) in [6, 6.07) is 15.4. The van der Waals surface area contributed by atoms with E-state index in [1.54, 1.807) is 7.11 Å². The molecule has 2 unspecified atom stereocenters. The zero-order valence-corrected chi connectivity index (χ0v) is 32.9. The van der Waals surface area contributed by atoms with Gasteiger partial charge in [-0.15, -0.1) is 0 Å². The molecule has 7 nitrogen and oxygen atoms in total. The molecular weight excluding hydrogens is 702 g/mol. The van der Waals surface area contributed by atoms with Crippen LogP contribution in [0.4, 0.5) is 19.1 Å². The summed E-state index contributed by atoms with van der Waals surface area (Å²) in [5.74, 6) is -1.54. The SMILES string of the molecule is CCOCc1cnc(N2CCC(c3nc4c(c(C5CCC(F)(F)CC5)c3C(F)c3ccc(C)cc3)C(OCc3ccc(OC)cc3)CC(C)(C)C4)CC2)nc1. The number of rotatable bonds is 12. The first-order valence-electron chi connectivity index (χ1n) is 20.0. The van der Waals surface area contributed by atoms with Gasteiger partial charge < -0.3 is 19.1 Å². The highest BCUT2D eigenvalue weighted by Gasteiger charge is 2.44. The molecule has 0 bridgehead atoms. The summed E-state index contributed by atoms with van der Waals surface area (Å²) in [5, 5.41) is 0. The number of pyridine rings is 1. The minimum Gasteiger partial charge on any atom is -0.497 e. The predicted octanol–water partition coefficient (Wildman–Crippen LogP) is 10.7. The van der Waals surface area contributed by atoms with Gasteiger partial charge in [-0.3, -0.25) is 4.98 Å². The van der Waals surface area contributed by atoms with Crippen molar-refractivity contribution in [1.82, 2.24) is 15.0 Å². The predicted molar refractivity (Wildman–Crippen MR) is 209 cm³/mol. The van der Waals surface area contributed by atoms with Gasteiger partial charge in [-0.25, -0.2) is 23.1 Å². The number of piperidine rings is 1. The van der Waals surface area contributed by atoms with Crippen LogP contribution in [-0.2, 0) is 29.1 Å². The minimum atomic E-state index is -2.72. The minimum absolute atomic E-state index is 0.0232. The molecule has 4 aromatic rings. The van der Waals surface area contributed by atoms with Crippen molar-refractivity contribution in [2.75, 3.05) is 31.7 Å². The third kappa shape index (κ3) is 9.01. The Balaban J connectivity index is 1.31. The van der Waals surface area contributed by atoms with Crippen LogP contribution in [0.1, 0.15) is 140 Å². The molecule has 0 radical (unpaired) electrons. The van der Waals surface area contributed by atoms with E-state index >= 15 is 4.39 Å². The van der Waals surface area contributed by atoms with Gasteiger partial charge in [0.05, 0.1) is 32.1 Å². The topological polar surface area (TPSA) is 69.6 Å². The first-order valence-corrected chi connectivity index (χ1v) is 20.0. The fourth-order valence-corrected chi connectivity index (χ4v) is 8.80. The summed E-state index contributed by atoms with van der Waals surface area (Å²) in [7, 11) is 1.64. The van der Waals surface area contributed by atoms with Crippen LogP contribution in [0, 0.1) is 12.3 Å². The molecule has 2 atom stereocenters. The number of hydrogen-bond donors (Lipinski definition) is 0. The van der Waals surface area contributed by atoms with E-state index in [9.17, 15) is 8.78 Å². The maximum atomic E-state index is 17.7. The molecule has 294 valence electrons. The molecule has 3 heterocycles. The van der Waals surface area contributed by atoms with Crippen LogP contribution in [0.5, 0.6) is 5.75 Å². The van der Waals surface area contributed by atoms with Crippen LogP contribution in [0.25, 0.3) is 0 Å². The Morgan fingerprint density at radius 3 is 2.16 bits per heavy atom. The summed E-state index contributed by atoms with van der Waals surface area (Å²) in [6.07, 6.45) is 4.86. The van der Waals surface area contributed by atoms with Gasteiger partial charge in [0.1, 0.15) is 5.75 Å². The molecule has 1 saturated heterocycles. The zero-order valence-electron chi connectivity index (χ0n) is 32.9. The van der Waals surface area contributed by atoms with Gasteiger partial charge in [-0.05, 0) is 92.5 Å². The molecule has 2 fully saturated rings. The van der Waals surface area contributed by atoms with Gasteiger partial charge in [0.2, 0.25) is 11.9 Å². The maximum Gasteiger partial charge on any atom is 0.248 e. The summed E-state index contributed by atoms with van der Waals surface area (Å²) in [4.78, 5) is 17.0. The van der Waals surface area contributed by atoms with Crippen molar-refractivity contribution in [2.24, 2.45) is 5.41 Å². The van der Waals surface area contributed by atoms with E-state index in [-0.39, 0.29) is 36.2 Å². The lowest BCUT2D eigenvalue weighted by atomic mass is 9.68. The van der Waals surface area contributed by atoms with E-state index in [0.717, 1.165) is 64.2 Å². The number of alkyl halides is 3. The highest BCUT2D eigenvalue weighted by molar-refractivity contribution is 5.51.